The first-order chi connectivity index (χ1) is 31.3. The van der Waals surface area contributed by atoms with Gasteiger partial charge in [-0.15, -0.1) is 0 Å². The number of imidazole rings is 1. The molecular weight excluding hydrogens is 775 g/mol. The lowest BCUT2D eigenvalue weighted by atomic mass is 9.62. The topological polar surface area (TPSA) is 21.1 Å². The van der Waals surface area contributed by atoms with Gasteiger partial charge >= 0.3 is 0 Å². The van der Waals surface area contributed by atoms with Gasteiger partial charge in [-0.05, 0) is 153 Å². The van der Waals surface area contributed by atoms with E-state index in [1.165, 1.54) is 50.1 Å². The zero-order valence-corrected chi connectivity index (χ0v) is 37.2. The summed E-state index contributed by atoms with van der Waals surface area (Å²) in [5, 5.41) is 0. The highest BCUT2D eigenvalue weighted by Gasteiger charge is 2.49. The van der Waals surface area contributed by atoms with Crippen molar-refractivity contribution in [3.05, 3.63) is 234 Å². The molecular formula is C61H51N3. The van der Waals surface area contributed by atoms with Gasteiger partial charge in [-0.1, -0.05) is 156 Å². The van der Waals surface area contributed by atoms with Crippen LogP contribution in [0, 0.1) is 24.7 Å². The number of nitrogens with zero attached hydrogens (tertiary/aromatic N) is 3. The molecule has 2 unspecified atom stereocenters. The van der Waals surface area contributed by atoms with Crippen LogP contribution in [-0.4, -0.2) is 9.55 Å². The van der Waals surface area contributed by atoms with E-state index in [4.69, 9.17) is 4.98 Å². The average Bonchev–Trinajstić information content (AvgIpc) is 3.87. The van der Waals surface area contributed by atoms with E-state index in [0.717, 1.165) is 57.2 Å². The van der Waals surface area contributed by atoms with E-state index < -0.39 is 5.41 Å². The summed E-state index contributed by atoms with van der Waals surface area (Å²) in [6.45, 7) is 10.8. The maximum atomic E-state index is 5.21. The molecule has 3 heteroatoms. The zero-order chi connectivity index (χ0) is 43.8. The first-order valence-corrected chi connectivity index (χ1v) is 22.3. The van der Waals surface area contributed by atoms with E-state index in [2.05, 4.69) is 256 Å². The SMILES string of the molecule is C\C=C/C(C)=C\C=C(/C)C1(C2C#CC(C)=CC2)c2ccccc2-c2ccc(N(c3ccc(-c4ccccc4)cc3)c3ccc(-c4nc5ccccc5n4-c4ccc(C)cc4)cc3)cc21. The van der Waals surface area contributed by atoms with Crippen molar-refractivity contribution in [1.82, 2.24) is 9.55 Å². The molecule has 2 aliphatic carbocycles. The minimum Gasteiger partial charge on any atom is -0.310 e. The number of aromatic nitrogens is 2. The zero-order valence-electron chi connectivity index (χ0n) is 37.2. The van der Waals surface area contributed by atoms with Crippen molar-refractivity contribution in [3.63, 3.8) is 0 Å². The molecule has 1 aromatic heterocycles. The van der Waals surface area contributed by atoms with Crippen LogP contribution in [0.5, 0.6) is 0 Å². The fourth-order valence-corrected chi connectivity index (χ4v) is 9.93. The molecule has 0 amide bonds. The lowest BCUT2D eigenvalue weighted by Gasteiger charge is -2.39. The van der Waals surface area contributed by atoms with E-state index >= 15 is 0 Å². The Labute approximate surface area is 378 Å². The highest BCUT2D eigenvalue weighted by atomic mass is 15.1. The van der Waals surface area contributed by atoms with Gasteiger partial charge in [0.25, 0.3) is 0 Å². The maximum Gasteiger partial charge on any atom is 0.145 e. The molecule has 1 heterocycles. The molecule has 2 atom stereocenters. The Morgan fingerprint density at radius 2 is 1.30 bits per heavy atom. The Morgan fingerprint density at radius 3 is 2.02 bits per heavy atom. The number of para-hydroxylation sites is 2. The number of rotatable bonds is 10. The predicted molar refractivity (Wildman–Crippen MR) is 270 cm³/mol. The average molecular weight is 826 g/mol. The molecule has 0 saturated carbocycles. The van der Waals surface area contributed by atoms with Crippen LogP contribution in [0.1, 0.15) is 50.8 Å². The second kappa shape index (κ2) is 16.9. The summed E-state index contributed by atoms with van der Waals surface area (Å²) in [5.74, 6) is 8.28. The van der Waals surface area contributed by atoms with Crippen molar-refractivity contribution < 1.29 is 0 Å². The van der Waals surface area contributed by atoms with Crippen molar-refractivity contribution in [1.29, 1.82) is 0 Å². The van der Waals surface area contributed by atoms with Crippen LogP contribution in [0.15, 0.2) is 217 Å². The van der Waals surface area contributed by atoms with Gasteiger partial charge in [-0.2, -0.15) is 0 Å². The molecule has 8 aromatic rings. The van der Waals surface area contributed by atoms with Gasteiger partial charge in [0.2, 0.25) is 0 Å². The molecule has 0 bridgehead atoms. The molecule has 0 fully saturated rings. The number of anilines is 3. The quantitative estimate of drug-likeness (QED) is 0.101. The highest BCUT2D eigenvalue weighted by Crippen LogP contribution is 2.58. The number of benzene rings is 7. The molecule has 10 rings (SSSR count). The summed E-state index contributed by atoms with van der Waals surface area (Å²) < 4.78 is 2.28. The molecule has 7 aromatic carbocycles. The number of aryl methyl sites for hydroxylation is 1. The van der Waals surface area contributed by atoms with E-state index in [1.54, 1.807) is 0 Å². The van der Waals surface area contributed by atoms with Crippen LogP contribution in [0.3, 0.4) is 0 Å². The molecule has 2 aliphatic rings. The lowest BCUT2D eigenvalue weighted by Crippen LogP contribution is -2.36. The predicted octanol–water partition coefficient (Wildman–Crippen LogP) is 15.8. The number of hydrogen-bond donors (Lipinski definition) is 0. The van der Waals surface area contributed by atoms with Crippen LogP contribution >= 0.6 is 0 Å². The minimum absolute atomic E-state index is 0.0474. The molecule has 3 nitrogen and oxygen atoms in total. The van der Waals surface area contributed by atoms with Crippen molar-refractivity contribution in [2.45, 2.75) is 46.5 Å². The summed E-state index contributed by atoms with van der Waals surface area (Å²) in [5.41, 5.74) is 19.3. The first-order valence-electron chi connectivity index (χ1n) is 22.3. The monoisotopic (exact) mass is 825 g/mol. The minimum atomic E-state index is -0.472. The number of allylic oxidation sites excluding steroid dienone is 8. The van der Waals surface area contributed by atoms with Gasteiger partial charge < -0.3 is 4.90 Å². The molecule has 310 valence electrons. The highest BCUT2D eigenvalue weighted by molar-refractivity contribution is 5.89. The Hall–Kier alpha value is -7.67. The van der Waals surface area contributed by atoms with E-state index in [-0.39, 0.29) is 5.92 Å². The summed E-state index contributed by atoms with van der Waals surface area (Å²) >= 11 is 0. The van der Waals surface area contributed by atoms with Crippen LogP contribution in [0.2, 0.25) is 0 Å². The molecule has 0 radical (unpaired) electrons. The summed E-state index contributed by atoms with van der Waals surface area (Å²) in [6, 6.07) is 61.7. The van der Waals surface area contributed by atoms with Crippen LogP contribution < -0.4 is 4.90 Å². The lowest BCUT2D eigenvalue weighted by molar-refractivity contribution is 0.463. The van der Waals surface area contributed by atoms with E-state index in [9.17, 15) is 0 Å². The smallest absolute Gasteiger partial charge is 0.145 e. The van der Waals surface area contributed by atoms with Gasteiger partial charge in [0.05, 0.1) is 16.4 Å². The third-order valence-corrected chi connectivity index (χ3v) is 13.1. The fraction of sp³-hybridized carbons (Fsp3) is 0.131. The standard InChI is InChI=1S/C61H51N3/c1-6-14-42(2)21-26-45(5)61(49-31-22-43(3)23-32-49)56-18-11-10-17-54(56)55-40-39-53(41-57(55)61)63(50-35-27-47(28-36-50)46-15-8-7-9-16-46)51-37-29-48(30-38-51)60-62-58-19-12-13-20-59(58)64(60)52-33-24-44(4)25-34-52/h6-22,24-30,33-41,49H,31H2,1-5H3/b14-6-,42-21-,45-26+. The third kappa shape index (κ3) is 7.12. The Kier molecular flexibility index (Phi) is 10.7. The second-order valence-corrected chi connectivity index (χ2v) is 17.2. The van der Waals surface area contributed by atoms with Crippen molar-refractivity contribution >= 4 is 28.1 Å². The van der Waals surface area contributed by atoms with Crippen molar-refractivity contribution in [2.24, 2.45) is 5.92 Å². The molecule has 0 saturated heterocycles. The fourth-order valence-electron chi connectivity index (χ4n) is 9.93. The molecule has 64 heavy (non-hydrogen) atoms. The van der Waals surface area contributed by atoms with Gasteiger partial charge in [0.15, 0.2) is 0 Å². The van der Waals surface area contributed by atoms with Gasteiger partial charge in [0.1, 0.15) is 5.82 Å². The first kappa shape index (κ1) is 40.4. The normalized spacial score (nSPS) is 16.9. The van der Waals surface area contributed by atoms with Crippen molar-refractivity contribution in [3.8, 4) is 51.2 Å². The Morgan fingerprint density at radius 1 is 0.656 bits per heavy atom. The van der Waals surface area contributed by atoms with Crippen LogP contribution in [-0.2, 0) is 5.41 Å². The van der Waals surface area contributed by atoms with Gasteiger partial charge in [-0.3, -0.25) is 4.57 Å². The van der Waals surface area contributed by atoms with Gasteiger partial charge in [0, 0.05) is 34.2 Å². The van der Waals surface area contributed by atoms with Gasteiger partial charge in [-0.25, -0.2) is 4.98 Å². The molecule has 0 N–H and O–H groups in total. The summed E-state index contributed by atoms with van der Waals surface area (Å²) in [6.07, 6.45) is 12.1. The van der Waals surface area contributed by atoms with Crippen molar-refractivity contribution in [2.75, 3.05) is 4.90 Å². The Bertz CT molecular complexity index is 3220. The maximum absolute atomic E-state index is 5.21. The van der Waals surface area contributed by atoms with Crippen LogP contribution in [0.4, 0.5) is 17.1 Å². The summed E-state index contributed by atoms with van der Waals surface area (Å²) in [4.78, 5) is 7.61. The molecule has 0 aliphatic heterocycles. The second-order valence-electron chi connectivity index (χ2n) is 17.2. The number of hydrogen-bond acceptors (Lipinski definition) is 2. The summed E-state index contributed by atoms with van der Waals surface area (Å²) in [7, 11) is 0. The molecule has 0 spiro atoms. The van der Waals surface area contributed by atoms with E-state index in [0.29, 0.717) is 0 Å². The Balaban J connectivity index is 1.16. The van der Waals surface area contributed by atoms with E-state index in [1.807, 2.05) is 0 Å². The third-order valence-electron chi connectivity index (χ3n) is 13.1. The number of fused-ring (bicyclic) bond motifs is 4. The van der Waals surface area contributed by atoms with Crippen LogP contribution in [0.25, 0.3) is 50.4 Å². The largest absolute Gasteiger partial charge is 0.310 e.